The van der Waals surface area contributed by atoms with Crippen LogP contribution in [0.15, 0.2) is 0 Å². The van der Waals surface area contributed by atoms with Crippen molar-refractivity contribution >= 4 is 24.3 Å². The molecule has 0 aliphatic heterocycles. The number of ketones is 1. The van der Waals surface area contributed by atoms with Gasteiger partial charge in [0, 0.05) is 11.7 Å². The molecular formula is C8H15N2O2S. The molecule has 5 heteroatoms. The van der Waals surface area contributed by atoms with Crippen molar-refractivity contribution in [2.75, 3.05) is 0 Å². The number of nitrogens with one attached hydrogen (secondary N) is 2. The van der Waals surface area contributed by atoms with E-state index in [2.05, 4.69) is 23.5 Å². The van der Waals surface area contributed by atoms with Crippen LogP contribution in [0.3, 0.4) is 0 Å². The lowest BCUT2D eigenvalue weighted by Crippen LogP contribution is -2.48. The molecule has 0 atom stereocenters. The van der Waals surface area contributed by atoms with E-state index in [1.54, 1.807) is 13.8 Å². The van der Waals surface area contributed by atoms with Gasteiger partial charge < -0.3 is 0 Å². The number of hydrazine groups is 1. The quantitative estimate of drug-likeness (QED) is 0.459. The molecule has 2 N–H and O–H groups in total. The molecule has 0 rings (SSSR count). The highest BCUT2D eigenvalue weighted by Gasteiger charge is 2.30. The molecule has 0 aromatic rings. The van der Waals surface area contributed by atoms with Crippen molar-refractivity contribution < 1.29 is 9.59 Å². The lowest BCUT2D eigenvalue weighted by atomic mass is 10.0. The van der Waals surface area contributed by atoms with Crippen molar-refractivity contribution in [3.05, 3.63) is 6.04 Å². The molecule has 0 unspecified atom stereocenters. The molecule has 0 bridgehead atoms. The fourth-order valence-corrected chi connectivity index (χ4v) is 1.04. The first-order valence-electron chi connectivity index (χ1n) is 3.88. The number of hydrogen-bond acceptors (Lipinski definition) is 4. The average Bonchev–Trinajstić information content (AvgIpc) is 1.81. The second-order valence-electron chi connectivity index (χ2n) is 3.30. The number of rotatable bonds is 4. The third-order valence-corrected chi connectivity index (χ3v) is 1.55. The second-order valence-corrected chi connectivity index (χ2v) is 4.41. The molecule has 0 aromatic heterocycles. The highest BCUT2D eigenvalue weighted by molar-refractivity contribution is 7.82. The van der Waals surface area contributed by atoms with Crippen LogP contribution in [-0.4, -0.2) is 16.4 Å². The fraction of sp³-hybridized carbons (Fsp3) is 0.625. The zero-order valence-corrected chi connectivity index (χ0v) is 9.16. The fourth-order valence-electron chi connectivity index (χ4n) is 0.822. The van der Waals surface area contributed by atoms with Crippen LogP contribution in [0, 0.1) is 6.04 Å². The maximum Gasteiger partial charge on any atom is 0.230 e. The maximum absolute atomic E-state index is 11.1. The predicted octanol–water partition coefficient (Wildman–Crippen LogP) is 0.456. The van der Waals surface area contributed by atoms with Crippen LogP contribution in [0.2, 0.25) is 0 Å². The van der Waals surface area contributed by atoms with E-state index in [0.717, 1.165) is 0 Å². The first-order chi connectivity index (χ1) is 5.75. The van der Waals surface area contributed by atoms with Crippen LogP contribution >= 0.6 is 12.6 Å². The Morgan fingerprint density at radius 1 is 1.15 bits per heavy atom. The maximum atomic E-state index is 11.1. The number of amides is 1. The minimum atomic E-state index is -0.589. The van der Waals surface area contributed by atoms with E-state index in [4.69, 9.17) is 0 Å². The summed E-state index contributed by atoms with van der Waals surface area (Å²) in [7, 11) is 0. The van der Waals surface area contributed by atoms with Crippen LogP contribution < -0.4 is 10.9 Å². The molecule has 0 aliphatic rings. The van der Waals surface area contributed by atoms with Gasteiger partial charge in [-0.15, -0.1) is 0 Å². The van der Waals surface area contributed by atoms with E-state index in [-0.39, 0.29) is 11.7 Å². The van der Waals surface area contributed by atoms with E-state index >= 15 is 0 Å². The van der Waals surface area contributed by atoms with Gasteiger partial charge in [0.05, 0.1) is 0 Å². The van der Waals surface area contributed by atoms with Gasteiger partial charge in [-0.3, -0.25) is 15.0 Å². The Morgan fingerprint density at radius 2 is 1.62 bits per heavy atom. The van der Waals surface area contributed by atoms with Gasteiger partial charge >= 0.3 is 0 Å². The largest absolute Gasteiger partial charge is 0.298 e. The van der Waals surface area contributed by atoms with E-state index in [9.17, 15) is 9.59 Å². The number of hydrogen-bond donors (Lipinski definition) is 3. The Labute approximate surface area is 83.8 Å². The zero-order valence-electron chi connectivity index (χ0n) is 8.26. The van der Waals surface area contributed by atoms with E-state index in [0.29, 0.717) is 6.04 Å². The molecule has 1 amide bonds. The van der Waals surface area contributed by atoms with Crippen molar-refractivity contribution in [3.8, 4) is 0 Å². The van der Waals surface area contributed by atoms with Gasteiger partial charge in [0.2, 0.25) is 5.91 Å². The molecule has 13 heavy (non-hydrogen) atoms. The summed E-state index contributed by atoms with van der Waals surface area (Å²) in [4.78, 5) is 21.7. The third kappa shape index (κ3) is 4.90. The normalized spacial score (nSPS) is 11.5. The van der Waals surface area contributed by atoms with Gasteiger partial charge in [0.1, 0.15) is 6.04 Å². The van der Waals surface area contributed by atoms with Crippen LogP contribution in [0.4, 0.5) is 0 Å². The van der Waals surface area contributed by atoms with Crippen LogP contribution in [-0.2, 0) is 9.59 Å². The Hall–Kier alpha value is -0.550. The van der Waals surface area contributed by atoms with Gasteiger partial charge in [-0.1, -0.05) is 0 Å². The molecule has 0 aromatic carbocycles. The first-order valence-corrected chi connectivity index (χ1v) is 4.33. The number of Topliss-reactive ketones (excluding diaryl/α,β-unsaturated/α-hetero) is 1. The minimum absolute atomic E-state index is 0.145. The minimum Gasteiger partial charge on any atom is -0.298 e. The van der Waals surface area contributed by atoms with Gasteiger partial charge in [0.15, 0.2) is 5.78 Å². The predicted molar refractivity (Wildman–Crippen MR) is 53.9 cm³/mol. The highest BCUT2D eigenvalue weighted by Crippen LogP contribution is 2.23. The van der Waals surface area contributed by atoms with Gasteiger partial charge in [-0.05, 0) is 20.8 Å². The van der Waals surface area contributed by atoms with Gasteiger partial charge in [0.25, 0.3) is 0 Å². The lowest BCUT2D eigenvalue weighted by Gasteiger charge is -2.27. The van der Waals surface area contributed by atoms with E-state index in [1.165, 1.54) is 13.8 Å². The highest BCUT2D eigenvalue weighted by atomic mass is 32.1. The van der Waals surface area contributed by atoms with Crippen molar-refractivity contribution in [2.45, 2.75) is 32.4 Å². The van der Waals surface area contributed by atoms with Crippen molar-refractivity contribution in [1.29, 1.82) is 0 Å². The molecule has 0 saturated heterocycles. The third-order valence-electron chi connectivity index (χ3n) is 1.33. The molecule has 0 aliphatic carbocycles. The van der Waals surface area contributed by atoms with Crippen LogP contribution in [0.25, 0.3) is 0 Å². The Kier molecular flexibility index (Phi) is 4.43. The average molecular weight is 203 g/mol. The number of carbonyl (C=O) groups excluding carboxylic acids is 2. The van der Waals surface area contributed by atoms with Crippen molar-refractivity contribution in [2.24, 2.45) is 0 Å². The second kappa shape index (κ2) is 4.62. The molecule has 4 nitrogen and oxygen atoms in total. The summed E-state index contributed by atoms with van der Waals surface area (Å²) in [5.41, 5.74) is 4.89. The standard InChI is InChI=1S/C8H15N2O2S/c1-5(11)7(8(3,4)13)10-9-6(2)12/h10,13H,1-4H3,(H,9,12). The summed E-state index contributed by atoms with van der Waals surface area (Å²) in [5, 5.41) is 0. The zero-order chi connectivity index (χ0) is 10.6. The molecule has 0 heterocycles. The van der Waals surface area contributed by atoms with E-state index in [1.807, 2.05) is 0 Å². The van der Waals surface area contributed by atoms with Crippen LogP contribution in [0.1, 0.15) is 27.7 Å². The molecule has 0 saturated carbocycles. The van der Waals surface area contributed by atoms with E-state index < -0.39 is 4.75 Å². The summed E-state index contributed by atoms with van der Waals surface area (Å²) in [6.45, 7) is 6.31. The van der Waals surface area contributed by atoms with Crippen molar-refractivity contribution in [3.63, 3.8) is 0 Å². The smallest absolute Gasteiger partial charge is 0.230 e. The van der Waals surface area contributed by atoms with Crippen molar-refractivity contribution in [1.82, 2.24) is 10.9 Å². The Bertz CT molecular complexity index is 211. The molecule has 0 fully saturated rings. The van der Waals surface area contributed by atoms with Crippen LogP contribution in [0.5, 0.6) is 0 Å². The van der Waals surface area contributed by atoms with Gasteiger partial charge in [-0.2, -0.15) is 12.6 Å². The summed E-state index contributed by atoms with van der Waals surface area (Å²) < 4.78 is -0.589. The van der Waals surface area contributed by atoms with Gasteiger partial charge in [-0.25, -0.2) is 5.43 Å². The summed E-state index contributed by atoms with van der Waals surface area (Å²) in [6.07, 6.45) is 0. The first kappa shape index (κ1) is 12.4. The SMILES string of the molecule is CC(=O)NN[C](C(C)=O)C(C)(C)S. The Balaban J connectivity index is 4.28. The lowest BCUT2D eigenvalue weighted by molar-refractivity contribution is -0.120. The summed E-state index contributed by atoms with van der Waals surface area (Å²) >= 11 is 4.22. The summed E-state index contributed by atoms with van der Waals surface area (Å²) in [6, 6.07) is 0.367. The molecule has 1 radical (unpaired) electrons. The monoisotopic (exact) mass is 203 g/mol. The Morgan fingerprint density at radius 3 is 1.85 bits per heavy atom. The topological polar surface area (TPSA) is 58.2 Å². The molecule has 75 valence electrons. The number of thiol groups is 1. The summed E-state index contributed by atoms with van der Waals surface area (Å²) in [5.74, 6) is -0.398. The number of carbonyl (C=O) groups is 2. The molecular weight excluding hydrogens is 188 g/mol. The molecule has 0 spiro atoms.